The summed E-state index contributed by atoms with van der Waals surface area (Å²) >= 11 is 5.88. The van der Waals surface area contributed by atoms with Crippen molar-refractivity contribution in [2.24, 2.45) is 0 Å². The largest absolute Gasteiger partial charge is 0.373 e. The van der Waals surface area contributed by atoms with Gasteiger partial charge in [-0.2, -0.15) is 0 Å². The van der Waals surface area contributed by atoms with Gasteiger partial charge in [-0.3, -0.25) is 4.79 Å². The summed E-state index contributed by atoms with van der Waals surface area (Å²) < 4.78 is 0. The Bertz CT molecular complexity index is 698. The van der Waals surface area contributed by atoms with Crippen LogP contribution in [0.5, 0.6) is 0 Å². The predicted octanol–water partition coefficient (Wildman–Crippen LogP) is 3.90. The third-order valence-corrected chi connectivity index (χ3v) is 4.20. The van der Waals surface area contributed by atoms with Gasteiger partial charge in [-0.15, -0.1) is 0 Å². The van der Waals surface area contributed by atoms with Crippen LogP contribution in [0.25, 0.3) is 0 Å². The zero-order valence-electron chi connectivity index (χ0n) is 14.6. The number of nitrogens with zero attached hydrogens (tertiary/aromatic N) is 2. The number of rotatable bonds is 6. The normalized spacial score (nSPS) is 10.8. The van der Waals surface area contributed by atoms with Gasteiger partial charge in [-0.25, -0.2) is 0 Å². The van der Waals surface area contributed by atoms with E-state index in [0.717, 1.165) is 30.0 Å². The van der Waals surface area contributed by atoms with Crippen molar-refractivity contribution in [1.29, 1.82) is 0 Å². The Morgan fingerprint density at radius 1 is 1.04 bits per heavy atom. The van der Waals surface area contributed by atoms with Crippen LogP contribution in [0.15, 0.2) is 42.5 Å². The first-order valence-electron chi connectivity index (χ1n) is 7.91. The summed E-state index contributed by atoms with van der Waals surface area (Å²) in [5.41, 5.74) is 3.46. The fraction of sp³-hybridized carbons (Fsp3) is 0.316. The first kappa shape index (κ1) is 18.3. The zero-order valence-corrected chi connectivity index (χ0v) is 15.4. The highest BCUT2D eigenvalue weighted by Gasteiger charge is 2.14. The second-order valence-corrected chi connectivity index (χ2v) is 6.57. The molecule has 0 bridgehead atoms. The molecule has 2 rings (SSSR count). The average Bonchev–Trinajstić information content (AvgIpc) is 2.54. The first-order chi connectivity index (χ1) is 11.4. The summed E-state index contributed by atoms with van der Waals surface area (Å²) in [7, 11) is 6.15. The Labute approximate surface area is 149 Å². The quantitative estimate of drug-likeness (QED) is 0.862. The van der Waals surface area contributed by atoms with E-state index >= 15 is 0 Å². The number of nitrogens with one attached hydrogen (secondary N) is 1. The number of likely N-dealkylation sites (N-methyl/N-ethyl adjacent to an activating group) is 2. The highest BCUT2D eigenvalue weighted by molar-refractivity contribution is 6.30. The van der Waals surface area contributed by atoms with Crippen molar-refractivity contribution < 1.29 is 4.79 Å². The van der Waals surface area contributed by atoms with Crippen LogP contribution in [-0.2, 0) is 0 Å². The van der Waals surface area contributed by atoms with Crippen molar-refractivity contribution in [3.8, 4) is 0 Å². The molecule has 0 radical (unpaired) electrons. The maximum Gasteiger partial charge on any atom is 0.256 e. The van der Waals surface area contributed by atoms with Crippen LogP contribution < -0.4 is 10.2 Å². The number of carbonyl (C=O) groups is 1. The van der Waals surface area contributed by atoms with Gasteiger partial charge < -0.3 is 15.1 Å². The van der Waals surface area contributed by atoms with E-state index < -0.39 is 0 Å². The average molecular weight is 346 g/mol. The molecule has 0 saturated heterocycles. The molecule has 0 aliphatic rings. The van der Waals surface area contributed by atoms with Gasteiger partial charge in [-0.05, 0) is 63.0 Å². The third kappa shape index (κ3) is 4.73. The molecular formula is C19H24ClN3O. The molecule has 2 aromatic rings. The molecule has 0 spiro atoms. The Kier molecular flexibility index (Phi) is 6.23. The van der Waals surface area contributed by atoms with E-state index in [-0.39, 0.29) is 5.91 Å². The summed E-state index contributed by atoms with van der Waals surface area (Å²) in [4.78, 5) is 16.9. The van der Waals surface area contributed by atoms with Crippen molar-refractivity contribution in [2.75, 3.05) is 44.4 Å². The predicted molar refractivity (Wildman–Crippen MR) is 102 cm³/mol. The molecule has 0 unspecified atom stereocenters. The van der Waals surface area contributed by atoms with Crippen LogP contribution in [0, 0.1) is 6.92 Å². The van der Waals surface area contributed by atoms with Crippen molar-refractivity contribution in [1.82, 2.24) is 4.90 Å². The standard InChI is InChI=1S/C19H24ClN3O/c1-14-17(19(24)21-16-10-8-15(20)9-11-16)6-5-7-18(14)23(4)13-12-22(2)3/h5-11H,12-13H2,1-4H3,(H,21,24). The van der Waals surface area contributed by atoms with Crippen molar-refractivity contribution in [3.05, 3.63) is 58.6 Å². The van der Waals surface area contributed by atoms with Gasteiger partial charge in [0.25, 0.3) is 5.91 Å². The highest BCUT2D eigenvalue weighted by Crippen LogP contribution is 2.23. The van der Waals surface area contributed by atoms with Gasteiger partial charge in [0, 0.05) is 42.1 Å². The highest BCUT2D eigenvalue weighted by atomic mass is 35.5. The number of halogens is 1. The lowest BCUT2D eigenvalue weighted by atomic mass is 10.0. The van der Waals surface area contributed by atoms with Gasteiger partial charge in [-0.1, -0.05) is 17.7 Å². The molecule has 24 heavy (non-hydrogen) atoms. The number of hydrogen-bond acceptors (Lipinski definition) is 3. The lowest BCUT2D eigenvalue weighted by Crippen LogP contribution is -2.29. The minimum atomic E-state index is -0.113. The number of benzene rings is 2. The molecule has 4 nitrogen and oxygen atoms in total. The second kappa shape index (κ2) is 8.18. The molecule has 0 aromatic heterocycles. The molecule has 0 atom stereocenters. The molecule has 5 heteroatoms. The van der Waals surface area contributed by atoms with Crippen LogP contribution in [0.3, 0.4) is 0 Å². The number of amides is 1. The van der Waals surface area contributed by atoms with E-state index in [0.29, 0.717) is 10.6 Å². The lowest BCUT2D eigenvalue weighted by molar-refractivity contribution is 0.102. The van der Waals surface area contributed by atoms with Crippen LogP contribution in [0.4, 0.5) is 11.4 Å². The Morgan fingerprint density at radius 2 is 1.71 bits per heavy atom. The minimum absolute atomic E-state index is 0.113. The molecule has 1 amide bonds. The van der Waals surface area contributed by atoms with Gasteiger partial charge in [0.15, 0.2) is 0 Å². The number of carbonyl (C=O) groups excluding carboxylic acids is 1. The van der Waals surface area contributed by atoms with E-state index in [1.54, 1.807) is 24.3 Å². The smallest absolute Gasteiger partial charge is 0.256 e. The molecule has 2 aromatic carbocycles. The van der Waals surface area contributed by atoms with E-state index in [2.05, 4.69) is 29.2 Å². The summed E-state index contributed by atoms with van der Waals surface area (Å²) in [6.45, 7) is 3.84. The monoisotopic (exact) mass is 345 g/mol. The molecule has 0 heterocycles. The van der Waals surface area contributed by atoms with Crippen LogP contribution in [0.2, 0.25) is 5.02 Å². The Balaban J connectivity index is 2.16. The van der Waals surface area contributed by atoms with Gasteiger partial charge in [0.1, 0.15) is 0 Å². The van der Waals surface area contributed by atoms with E-state index in [4.69, 9.17) is 11.6 Å². The SMILES string of the molecule is Cc1c(C(=O)Nc2ccc(Cl)cc2)cccc1N(C)CCN(C)C. The van der Waals surface area contributed by atoms with Crippen LogP contribution in [0.1, 0.15) is 15.9 Å². The molecule has 1 N–H and O–H groups in total. The Hall–Kier alpha value is -2.04. The van der Waals surface area contributed by atoms with Gasteiger partial charge in [0.2, 0.25) is 0 Å². The van der Waals surface area contributed by atoms with Gasteiger partial charge >= 0.3 is 0 Å². The van der Waals surface area contributed by atoms with Crippen molar-refractivity contribution >= 4 is 28.9 Å². The van der Waals surface area contributed by atoms with Crippen molar-refractivity contribution in [2.45, 2.75) is 6.92 Å². The molecule has 0 fully saturated rings. The second-order valence-electron chi connectivity index (χ2n) is 6.14. The molecule has 0 aliphatic carbocycles. The van der Waals surface area contributed by atoms with Gasteiger partial charge in [0.05, 0.1) is 0 Å². The fourth-order valence-corrected chi connectivity index (χ4v) is 2.61. The summed E-state index contributed by atoms with van der Waals surface area (Å²) in [6, 6.07) is 12.9. The van der Waals surface area contributed by atoms with E-state index in [9.17, 15) is 4.79 Å². The van der Waals surface area contributed by atoms with Crippen LogP contribution >= 0.6 is 11.6 Å². The van der Waals surface area contributed by atoms with E-state index in [1.807, 2.05) is 32.2 Å². The fourth-order valence-electron chi connectivity index (χ4n) is 2.49. The number of hydrogen-bond donors (Lipinski definition) is 1. The summed E-state index contributed by atoms with van der Waals surface area (Å²) in [6.07, 6.45) is 0. The summed E-state index contributed by atoms with van der Waals surface area (Å²) in [5.74, 6) is -0.113. The molecule has 0 saturated carbocycles. The molecule has 0 aliphatic heterocycles. The maximum atomic E-state index is 12.6. The Morgan fingerprint density at radius 3 is 2.33 bits per heavy atom. The lowest BCUT2D eigenvalue weighted by Gasteiger charge is -2.24. The van der Waals surface area contributed by atoms with Crippen LogP contribution in [-0.4, -0.2) is 45.0 Å². The summed E-state index contributed by atoms with van der Waals surface area (Å²) in [5, 5.41) is 3.57. The first-order valence-corrected chi connectivity index (χ1v) is 8.28. The maximum absolute atomic E-state index is 12.6. The molecular weight excluding hydrogens is 322 g/mol. The minimum Gasteiger partial charge on any atom is -0.373 e. The van der Waals surface area contributed by atoms with E-state index in [1.165, 1.54) is 0 Å². The molecule has 128 valence electrons. The topological polar surface area (TPSA) is 35.6 Å². The number of anilines is 2. The van der Waals surface area contributed by atoms with Crippen molar-refractivity contribution in [3.63, 3.8) is 0 Å². The third-order valence-electron chi connectivity index (χ3n) is 3.95. The zero-order chi connectivity index (χ0) is 17.7.